The average molecular weight is 271 g/mol. The molecule has 0 aliphatic carbocycles. The number of rotatable bonds is 4. The van der Waals surface area contributed by atoms with Gasteiger partial charge in [0.2, 0.25) is 0 Å². The van der Waals surface area contributed by atoms with Crippen LogP contribution in [0.4, 0.5) is 10.5 Å². The van der Waals surface area contributed by atoms with Crippen LogP contribution in [0.25, 0.3) is 0 Å². The zero-order valence-electron chi connectivity index (χ0n) is 11.5. The molecule has 0 saturated carbocycles. The standard InChI is InChI=1S/C15H17N3O2/c1-11(12-3-5-14(20-2)6-4-12)17-15(19)18-13-7-9-16-10-8-13/h3-11H,1-2H3,(H2,16,17,18,19). The van der Waals surface area contributed by atoms with Crippen molar-refractivity contribution in [2.75, 3.05) is 12.4 Å². The smallest absolute Gasteiger partial charge is 0.319 e. The second-order valence-corrected chi connectivity index (χ2v) is 4.33. The highest BCUT2D eigenvalue weighted by Gasteiger charge is 2.09. The normalized spacial score (nSPS) is 11.5. The van der Waals surface area contributed by atoms with E-state index in [1.807, 2.05) is 31.2 Å². The predicted octanol–water partition coefficient (Wildman–Crippen LogP) is 2.97. The maximum absolute atomic E-state index is 11.9. The molecule has 0 aliphatic heterocycles. The van der Waals surface area contributed by atoms with E-state index in [0.29, 0.717) is 5.69 Å². The molecule has 0 aliphatic rings. The Kier molecular flexibility index (Phi) is 4.55. The molecule has 104 valence electrons. The molecule has 1 aromatic carbocycles. The van der Waals surface area contributed by atoms with Gasteiger partial charge < -0.3 is 15.4 Å². The summed E-state index contributed by atoms with van der Waals surface area (Å²) < 4.78 is 5.10. The summed E-state index contributed by atoms with van der Waals surface area (Å²) >= 11 is 0. The van der Waals surface area contributed by atoms with Gasteiger partial charge in [-0.2, -0.15) is 0 Å². The number of methoxy groups -OCH3 is 1. The summed E-state index contributed by atoms with van der Waals surface area (Å²) in [5.41, 5.74) is 1.72. The van der Waals surface area contributed by atoms with Gasteiger partial charge in [-0.3, -0.25) is 4.98 Å². The van der Waals surface area contributed by atoms with Crippen LogP contribution in [0.15, 0.2) is 48.8 Å². The van der Waals surface area contributed by atoms with E-state index in [2.05, 4.69) is 15.6 Å². The first-order valence-electron chi connectivity index (χ1n) is 6.30. The fraction of sp³-hybridized carbons (Fsp3) is 0.200. The molecule has 0 spiro atoms. The van der Waals surface area contributed by atoms with Crippen molar-refractivity contribution >= 4 is 11.7 Å². The molecule has 20 heavy (non-hydrogen) atoms. The molecule has 2 aromatic rings. The lowest BCUT2D eigenvalue weighted by Crippen LogP contribution is -2.31. The van der Waals surface area contributed by atoms with Crippen LogP contribution in [0, 0.1) is 0 Å². The van der Waals surface area contributed by atoms with Crippen LogP contribution in [0.1, 0.15) is 18.5 Å². The molecule has 0 fully saturated rings. The highest BCUT2D eigenvalue weighted by Crippen LogP contribution is 2.17. The molecule has 1 heterocycles. The number of benzene rings is 1. The van der Waals surface area contributed by atoms with Gasteiger partial charge in [-0.1, -0.05) is 12.1 Å². The van der Waals surface area contributed by atoms with Crippen LogP contribution in [0.2, 0.25) is 0 Å². The van der Waals surface area contributed by atoms with Crippen LogP contribution in [-0.2, 0) is 0 Å². The van der Waals surface area contributed by atoms with Crippen molar-refractivity contribution in [3.63, 3.8) is 0 Å². The molecule has 5 nitrogen and oxygen atoms in total. The molecule has 1 unspecified atom stereocenters. The predicted molar refractivity (Wildman–Crippen MR) is 77.8 cm³/mol. The van der Waals surface area contributed by atoms with Crippen LogP contribution < -0.4 is 15.4 Å². The van der Waals surface area contributed by atoms with Crippen molar-refractivity contribution in [1.29, 1.82) is 0 Å². The van der Waals surface area contributed by atoms with Crippen LogP contribution in [0.5, 0.6) is 5.75 Å². The van der Waals surface area contributed by atoms with Crippen LogP contribution in [-0.4, -0.2) is 18.1 Å². The SMILES string of the molecule is COc1ccc(C(C)NC(=O)Nc2ccncc2)cc1. The zero-order chi connectivity index (χ0) is 14.4. The lowest BCUT2D eigenvalue weighted by Gasteiger charge is -2.15. The number of aromatic nitrogens is 1. The second kappa shape index (κ2) is 6.56. The largest absolute Gasteiger partial charge is 0.497 e. The van der Waals surface area contributed by atoms with E-state index >= 15 is 0 Å². The monoisotopic (exact) mass is 271 g/mol. The molecule has 1 aromatic heterocycles. The first-order chi connectivity index (χ1) is 9.69. The molecule has 0 radical (unpaired) electrons. The summed E-state index contributed by atoms with van der Waals surface area (Å²) in [6.07, 6.45) is 3.25. The number of nitrogens with one attached hydrogen (secondary N) is 2. The van der Waals surface area contributed by atoms with Gasteiger partial charge in [0.05, 0.1) is 13.2 Å². The number of nitrogens with zero attached hydrogens (tertiary/aromatic N) is 1. The van der Waals surface area contributed by atoms with E-state index in [0.717, 1.165) is 11.3 Å². The van der Waals surface area contributed by atoms with E-state index < -0.39 is 0 Å². The van der Waals surface area contributed by atoms with E-state index in [-0.39, 0.29) is 12.1 Å². The minimum atomic E-state index is -0.250. The van der Waals surface area contributed by atoms with Crippen molar-refractivity contribution in [2.24, 2.45) is 0 Å². The summed E-state index contributed by atoms with van der Waals surface area (Å²) in [5, 5.41) is 5.62. The number of amides is 2. The Bertz CT molecular complexity index is 555. The Hall–Kier alpha value is -2.56. The number of hydrogen-bond donors (Lipinski definition) is 2. The maximum atomic E-state index is 11.9. The van der Waals surface area contributed by atoms with Gasteiger partial charge in [-0.15, -0.1) is 0 Å². The molecule has 0 saturated heterocycles. The lowest BCUT2D eigenvalue weighted by atomic mass is 10.1. The Labute approximate surface area is 118 Å². The molecule has 2 N–H and O–H groups in total. The number of carbonyl (C=O) groups is 1. The molecule has 5 heteroatoms. The maximum Gasteiger partial charge on any atom is 0.319 e. The number of anilines is 1. The van der Waals surface area contributed by atoms with E-state index in [1.165, 1.54) is 0 Å². The first kappa shape index (κ1) is 13.9. The summed E-state index contributed by atoms with van der Waals surface area (Å²) in [7, 11) is 1.62. The molecule has 2 rings (SSSR count). The van der Waals surface area contributed by atoms with Gasteiger partial charge in [0, 0.05) is 18.1 Å². The quantitative estimate of drug-likeness (QED) is 0.898. The molecular formula is C15H17N3O2. The van der Waals surface area contributed by atoms with Gasteiger partial charge in [-0.25, -0.2) is 4.79 Å². The van der Waals surface area contributed by atoms with Crippen molar-refractivity contribution in [3.05, 3.63) is 54.4 Å². The second-order valence-electron chi connectivity index (χ2n) is 4.33. The summed E-state index contributed by atoms with van der Waals surface area (Å²) in [6.45, 7) is 1.92. The fourth-order valence-electron chi connectivity index (χ4n) is 1.77. The van der Waals surface area contributed by atoms with Gasteiger partial charge in [-0.05, 0) is 36.8 Å². The third kappa shape index (κ3) is 3.71. The summed E-state index contributed by atoms with van der Waals surface area (Å²) in [4.78, 5) is 15.7. The van der Waals surface area contributed by atoms with Gasteiger partial charge in [0.15, 0.2) is 0 Å². The Balaban J connectivity index is 1.93. The van der Waals surface area contributed by atoms with Gasteiger partial charge in [0.1, 0.15) is 5.75 Å². The number of hydrogen-bond acceptors (Lipinski definition) is 3. The first-order valence-corrected chi connectivity index (χ1v) is 6.30. The third-order valence-corrected chi connectivity index (χ3v) is 2.90. The fourth-order valence-corrected chi connectivity index (χ4v) is 1.77. The molecule has 0 bridgehead atoms. The number of pyridine rings is 1. The summed E-state index contributed by atoms with van der Waals surface area (Å²) in [6, 6.07) is 10.7. The Morgan fingerprint density at radius 2 is 1.80 bits per heavy atom. The minimum Gasteiger partial charge on any atom is -0.497 e. The van der Waals surface area contributed by atoms with Crippen molar-refractivity contribution in [1.82, 2.24) is 10.3 Å². The number of urea groups is 1. The molecule has 2 amide bonds. The Morgan fingerprint density at radius 1 is 1.15 bits per heavy atom. The average Bonchev–Trinajstić information content (AvgIpc) is 2.48. The van der Waals surface area contributed by atoms with Crippen molar-refractivity contribution < 1.29 is 9.53 Å². The van der Waals surface area contributed by atoms with E-state index in [1.54, 1.807) is 31.6 Å². The van der Waals surface area contributed by atoms with Crippen LogP contribution in [0.3, 0.4) is 0 Å². The van der Waals surface area contributed by atoms with Crippen LogP contribution >= 0.6 is 0 Å². The van der Waals surface area contributed by atoms with Gasteiger partial charge in [0.25, 0.3) is 0 Å². The minimum absolute atomic E-state index is 0.0947. The molecular weight excluding hydrogens is 254 g/mol. The third-order valence-electron chi connectivity index (χ3n) is 2.90. The Morgan fingerprint density at radius 3 is 2.40 bits per heavy atom. The van der Waals surface area contributed by atoms with Crippen molar-refractivity contribution in [2.45, 2.75) is 13.0 Å². The zero-order valence-corrected chi connectivity index (χ0v) is 11.5. The molecule has 1 atom stereocenters. The van der Waals surface area contributed by atoms with E-state index in [9.17, 15) is 4.79 Å². The highest BCUT2D eigenvalue weighted by molar-refractivity contribution is 5.89. The highest BCUT2D eigenvalue weighted by atomic mass is 16.5. The van der Waals surface area contributed by atoms with Crippen molar-refractivity contribution in [3.8, 4) is 5.75 Å². The number of ether oxygens (including phenoxy) is 1. The number of carbonyl (C=O) groups excluding carboxylic acids is 1. The van der Waals surface area contributed by atoms with E-state index in [4.69, 9.17) is 4.74 Å². The topological polar surface area (TPSA) is 63.2 Å². The lowest BCUT2D eigenvalue weighted by molar-refractivity contribution is 0.249. The summed E-state index contributed by atoms with van der Waals surface area (Å²) in [5.74, 6) is 0.794. The van der Waals surface area contributed by atoms with Gasteiger partial charge >= 0.3 is 6.03 Å².